The van der Waals surface area contributed by atoms with Gasteiger partial charge in [0.15, 0.2) is 0 Å². The van der Waals surface area contributed by atoms with Gasteiger partial charge in [-0.25, -0.2) is 13.4 Å². The molecule has 0 bridgehead atoms. The number of aromatic nitrogens is 2. The highest BCUT2D eigenvalue weighted by Gasteiger charge is 2.33. The molecule has 1 aromatic heterocycles. The Morgan fingerprint density at radius 2 is 1.65 bits per heavy atom. The van der Waals surface area contributed by atoms with Crippen LogP contribution in [0.15, 0.2) is 72.0 Å². The molecular formula is C24H27N3O3S. The number of amides is 1. The molecule has 0 aliphatic heterocycles. The molecule has 6 nitrogen and oxygen atoms in total. The maximum absolute atomic E-state index is 13.3. The van der Waals surface area contributed by atoms with Crippen LogP contribution < -0.4 is 0 Å². The Morgan fingerprint density at radius 3 is 2.23 bits per heavy atom. The summed E-state index contributed by atoms with van der Waals surface area (Å²) in [4.78, 5) is 18.8. The van der Waals surface area contributed by atoms with Gasteiger partial charge in [-0.2, -0.15) is 0 Å². The van der Waals surface area contributed by atoms with Crippen LogP contribution in [0.3, 0.4) is 0 Å². The van der Waals surface area contributed by atoms with Crippen molar-refractivity contribution in [2.45, 2.75) is 43.8 Å². The number of carbonyl (C=O) groups is 1. The molecule has 0 saturated heterocycles. The normalized spacial score (nSPS) is 13.8. The highest BCUT2D eigenvalue weighted by atomic mass is 32.2. The summed E-state index contributed by atoms with van der Waals surface area (Å²) in [5, 5.41) is 0.0464. The summed E-state index contributed by atoms with van der Waals surface area (Å²) in [6.45, 7) is 3.27. The number of carbonyl (C=O) groups excluding carboxylic acids is 1. The van der Waals surface area contributed by atoms with Gasteiger partial charge in [-0.15, -0.1) is 0 Å². The van der Waals surface area contributed by atoms with Crippen molar-refractivity contribution in [3.63, 3.8) is 0 Å². The second-order valence-electron chi connectivity index (χ2n) is 7.98. The zero-order valence-electron chi connectivity index (χ0n) is 17.6. The summed E-state index contributed by atoms with van der Waals surface area (Å²) in [6.07, 6.45) is 3.48. The van der Waals surface area contributed by atoms with Gasteiger partial charge in [-0.05, 0) is 30.9 Å². The van der Waals surface area contributed by atoms with Crippen LogP contribution in [0.2, 0.25) is 0 Å². The first-order valence-corrected chi connectivity index (χ1v) is 12.3. The van der Waals surface area contributed by atoms with Gasteiger partial charge in [0, 0.05) is 12.5 Å². The molecule has 1 aliphatic rings. The first-order valence-electron chi connectivity index (χ1n) is 10.6. The fourth-order valence-electron chi connectivity index (χ4n) is 3.69. The molecular weight excluding hydrogens is 410 g/mol. The molecule has 0 N–H and O–H groups in total. The van der Waals surface area contributed by atoms with Crippen molar-refractivity contribution in [1.29, 1.82) is 0 Å². The van der Waals surface area contributed by atoms with Crippen LogP contribution in [0.1, 0.15) is 36.6 Å². The molecule has 0 radical (unpaired) electrons. The minimum absolute atomic E-state index is 0.0464. The van der Waals surface area contributed by atoms with E-state index in [4.69, 9.17) is 0 Å². The summed E-state index contributed by atoms with van der Waals surface area (Å²) < 4.78 is 28.3. The summed E-state index contributed by atoms with van der Waals surface area (Å²) in [7, 11) is -3.66. The van der Waals surface area contributed by atoms with Gasteiger partial charge in [0.1, 0.15) is 0 Å². The van der Waals surface area contributed by atoms with Gasteiger partial charge in [0.25, 0.3) is 0 Å². The molecule has 1 amide bonds. The molecule has 3 aromatic rings. The monoisotopic (exact) mass is 437 g/mol. The van der Waals surface area contributed by atoms with Gasteiger partial charge in [0.05, 0.1) is 30.7 Å². The lowest BCUT2D eigenvalue weighted by Crippen LogP contribution is -2.32. The van der Waals surface area contributed by atoms with E-state index in [1.807, 2.05) is 55.5 Å². The molecule has 0 atom stereocenters. The van der Waals surface area contributed by atoms with Crippen LogP contribution >= 0.6 is 0 Å². The maximum atomic E-state index is 13.3. The van der Waals surface area contributed by atoms with E-state index in [0.29, 0.717) is 19.6 Å². The molecule has 1 heterocycles. The van der Waals surface area contributed by atoms with Crippen LogP contribution in [-0.4, -0.2) is 35.3 Å². The Kier molecular flexibility index (Phi) is 6.23. The Morgan fingerprint density at radius 1 is 1.03 bits per heavy atom. The van der Waals surface area contributed by atoms with Gasteiger partial charge in [-0.1, -0.05) is 60.7 Å². The lowest BCUT2D eigenvalue weighted by atomic mass is 10.2. The second-order valence-corrected chi connectivity index (χ2v) is 9.86. The molecule has 0 unspecified atom stereocenters. The molecule has 4 rings (SSSR count). The number of nitrogens with zero attached hydrogens (tertiary/aromatic N) is 3. The van der Waals surface area contributed by atoms with Crippen LogP contribution in [0, 0.1) is 5.92 Å². The summed E-state index contributed by atoms with van der Waals surface area (Å²) >= 11 is 0. The van der Waals surface area contributed by atoms with Gasteiger partial charge >= 0.3 is 0 Å². The third-order valence-corrected chi connectivity index (χ3v) is 7.13. The number of benzene rings is 2. The molecule has 1 saturated carbocycles. The van der Waals surface area contributed by atoms with E-state index in [0.717, 1.165) is 29.7 Å². The van der Waals surface area contributed by atoms with Crippen molar-refractivity contribution in [1.82, 2.24) is 14.5 Å². The lowest BCUT2D eigenvalue weighted by Gasteiger charge is -2.22. The van der Waals surface area contributed by atoms with Crippen LogP contribution in [0.4, 0.5) is 0 Å². The zero-order chi connectivity index (χ0) is 21.8. The smallest absolute Gasteiger partial charge is 0.228 e. The van der Waals surface area contributed by atoms with E-state index < -0.39 is 9.84 Å². The standard InChI is InChI=1S/C24H27N3O3S/c1-2-26(23(28)21-13-14-21)17-22-15-25-24(27(22)16-19-9-5-3-6-10-19)31(29,30)18-20-11-7-4-8-12-20/h3-12,15,21H,2,13-14,16-18H2,1H3. The Balaban J connectivity index is 1.68. The molecule has 2 aromatic carbocycles. The second kappa shape index (κ2) is 9.06. The topological polar surface area (TPSA) is 72.3 Å². The average molecular weight is 438 g/mol. The number of hydrogen-bond acceptors (Lipinski definition) is 4. The summed E-state index contributed by atoms with van der Waals surface area (Å²) in [6, 6.07) is 18.8. The van der Waals surface area contributed by atoms with Crippen molar-refractivity contribution in [2.75, 3.05) is 6.54 Å². The van der Waals surface area contributed by atoms with Gasteiger partial charge < -0.3 is 9.47 Å². The van der Waals surface area contributed by atoms with E-state index >= 15 is 0 Å². The predicted octanol–water partition coefficient (Wildman–Crippen LogP) is 3.66. The van der Waals surface area contributed by atoms with E-state index in [1.54, 1.807) is 27.8 Å². The Hall–Kier alpha value is -2.93. The minimum Gasteiger partial charge on any atom is -0.337 e. The number of rotatable bonds is 9. The molecule has 1 fully saturated rings. The number of imidazole rings is 1. The first-order chi connectivity index (χ1) is 15.0. The third-order valence-electron chi connectivity index (χ3n) is 5.54. The first kappa shape index (κ1) is 21.3. The fourth-order valence-corrected chi connectivity index (χ4v) is 5.18. The molecule has 7 heteroatoms. The van der Waals surface area contributed by atoms with E-state index in [1.165, 1.54) is 0 Å². The highest BCUT2D eigenvalue weighted by Crippen LogP contribution is 2.31. The van der Waals surface area contributed by atoms with Crippen molar-refractivity contribution >= 4 is 15.7 Å². The zero-order valence-corrected chi connectivity index (χ0v) is 18.5. The molecule has 1 aliphatic carbocycles. The summed E-state index contributed by atoms with van der Waals surface area (Å²) in [5.41, 5.74) is 2.43. The Bertz CT molecular complexity index is 1140. The maximum Gasteiger partial charge on any atom is 0.228 e. The van der Waals surface area contributed by atoms with Gasteiger partial charge in [-0.3, -0.25) is 4.79 Å². The van der Waals surface area contributed by atoms with Crippen molar-refractivity contribution in [2.24, 2.45) is 5.92 Å². The van der Waals surface area contributed by atoms with Crippen molar-refractivity contribution in [3.05, 3.63) is 83.7 Å². The number of sulfone groups is 1. The minimum atomic E-state index is -3.66. The molecule has 31 heavy (non-hydrogen) atoms. The average Bonchev–Trinajstić information content (AvgIpc) is 3.54. The van der Waals surface area contributed by atoms with Crippen LogP contribution in [0.25, 0.3) is 0 Å². The lowest BCUT2D eigenvalue weighted by molar-refractivity contribution is -0.133. The van der Waals surface area contributed by atoms with Crippen LogP contribution in [0.5, 0.6) is 0 Å². The fraction of sp³-hybridized carbons (Fsp3) is 0.333. The summed E-state index contributed by atoms with van der Waals surface area (Å²) in [5.74, 6) is 0.146. The highest BCUT2D eigenvalue weighted by molar-refractivity contribution is 7.90. The van der Waals surface area contributed by atoms with Crippen LogP contribution in [-0.2, 0) is 33.5 Å². The largest absolute Gasteiger partial charge is 0.337 e. The Labute approximate surface area is 183 Å². The quantitative estimate of drug-likeness (QED) is 0.512. The third kappa shape index (κ3) is 5.05. The van der Waals surface area contributed by atoms with Crippen molar-refractivity contribution in [3.8, 4) is 0 Å². The SMILES string of the molecule is CCN(Cc1cnc(S(=O)(=O)Cc2ccccc2)n1Cc1ccccc1)C(=O)C1CC1. The number of hydrogen-bond donors (Lipinski definition) is 0. The van der Waals surface area contributed by atoms with E-state index in [2.05, 4.69) is 4.98 Å². The predicted molar refractivity (Wildman–Crippen MR) is 119 cm³/mol. The molecule has 162 valence electrons. The van der Waals surface area contributed by atoms with Crippen molar-refractivity contribution < 1.29 is 13.2 Å². The molecule has 0 spiro atoms. The van der Waals surface area contributed by atoms with E-state index in [9.17, 15) is 13.2 Å². The van der Waals surface area contributed by atoms with E-state index in [-0.39, 0.29) is 22.7 Å². The van der Waals surface area contributed by atoms with Gasteiger partial charge in [0.2, 0.25) is 20.9 Å².